The number of halogens is 4. The molecule has 0 heterocycles. The first-order valence-electron chi connectivity index (χ1n) is 9.11. The molecule has 0 bridgehead atoms. The molecule has 0 radical (unpaired) electrons. The van der Waals surface area contributed by atoms with Crippen molar-refractivity contribution >= 4 is 15.9 Å². The average Bonchev–Trinajstić information content (AvgIpc) is 2.71. The molecule has 0 aliphatic carbocycles. The molecule has 0 fully saturated rings. The lowest BCUT2D eigenvalue weighted by atomic mass is 10.00. The lowest BCUT2D eigenvalue weighted by molar-refractivity contribution is -0.137. The summed E-state index contributed by atoms with van der Waals surface area (Å²) >= 11 is 3.48. The van der Waals surface area contributed by atoms with E-state index in [0.29, 0.717) is 17.9 Å². The van der Waals surface area contributed by atoms with E-state index in [0.717, 1.165) is 33.3 Å². The second-order valence-corrected chi connectivity index (χ2v) is 7.68. The van der Waals surface area contributed by atoms with Gasteiger partial charge in [0.2, 0.25) is 0 Å². The van der Waals surface area contributed by atoms with Crippen LogP contribution in [0.5, 0.6) is 5.75 Å². The summed E-state index contributed by atoms with van der Waals surface area (Å²) in [6.45, 7) is 2.70. The topological polar surface area (TPSA) is 21.3 Å². The molecule has 3 rings (SSSR count). The fraction of sp³-hybridized carbons (Fsp3) is 0.217. The van der Waals surface area contributed by atoms with Gasteiger partial charge in [0, 0.05) is 22.6 Å². The zero-order valence-electron chi connectivity index (χ0n) is 16.1. The Bertz CT molecular complexity index is 971. The average molecular weight is 464 g/mol. The fourth-order valence-electron chi connectivity index (χ4n) is 3.09. The van der Waals surface area contributed by atoms with E-state index >= 15 is 0 Å². The van der Waals surface area contributed by atoms with E-state index in [-0.39, 0.29) is 6.04 Å². The van der Waals surface area contributed by atoms with E-state index in [2.05, 4.69) is 40.3 Å². The first kappa shape index (κ1) is 21.4. The van der Waals surface area contributed by atoms with Gasteiger partial charge in [-0.1, -0.05) is 46.3 Å². The molecule has 0 aliphatic heterocycles. The van der Waals surface area contributed by atoms with Crippen molar-refractivity contribution < 1.29 is 17.9 Å². The summed E-state index contributed by atoms with van der Waals surface area (Å²) in [6, 6.07) is 19.1. The van der Waals surface area contributed by atoms with Crippen LogP contribution >= 0.6 is 15.9 Å². The smallest absolute Gasteiger partial charge is 0.416 e. The van der Waals surface area contributed by atoms with E-state index < -0.39 is 11.7 Å². The molecular formula is C23H21BrF3NO. The molecule has 0 saturated heterocycles. The minimum Gasteiger partial charge on any atom is -0.496 e. The summed E-state index contributed by atoms with van der Waals surface area (Å²) in [5, 5.41) is 3.48. The Labute approximate surface area is 176 Å². The number of rotatable bonds is 6. The Kier molecular flexibility index (Phi) is 6.65. The number of alkyl halides is 3. The third-order valence-electron chi connectivity index (χ3n) is 4.75. The van der Waals surface area contributed by atoms with Gasteiger partial charge < -0.3 is 10.1 Å². The normalized spacial score (nSPS) is 12.6. The highest BCUT2D eigenvalue weighted by atomic mass is 79.9. The number of benzene rings is 3. The standard InChI is InChI=1S/C23H21BrF3NO/c1-15(18-4-3-5-20(24)13-18)28-14-16-6-11-22(29-2)21(12-16)17-7-9-19(10-8-17)23(25,26)27/h3-13,15,28H,14H2,1-2H3. The molecule has 0 amide bonds. The Morgan fingerprint density at radius 1 is 1.00 bits per heavy atom. The molecule has 3 aromatic rings. The number of nitrogens with one attached hydrogen (secondary N) is 1. The second kappa shape index (κ2) is 9.01. The Balaban J connectivity index is 1.80. The van der Waals surface area contributed by atoms with Crippen molar-refractivity contribution in [3.05, 3.63) is 87.9 Å². The second-order valence-electron chi connectivity index (χ2n) is 6.77. The highest BCUT2D eigenvalue weighted by Gasteiger charge is 2.30. The molecule has 1 N–H and O–H groups in total. The van der Waals surface area contributed by atoms with Gasteiger partial charge in [-0.05, 0) is 60.0 Å². The van der Waals surface area contributed by atoms with Crippen molar-refractivity contribution in [1.29, 1.82) is 0 Å². The van der Waals surface area contributed by atoms with Crippen LogP contribution in [0.15, 0.2) is 71.2 Å². The molecule has 2 nitrogen and oxygen atoms in total. The van der Waals surface area contributed by atoms with E-state index in [1.165, 1.54) is 12.1 Å². The van der Waals surface area contributed by atoms with Crippen LogP contribution in [0.4, 0.5) is 13.2 Å². The predicted molar refractivity (Wildman–Crippen MR) is 113 cm³/mol. The number of ether oxygens (including phenoxy) is 1. The van der Waals surface area contributed by atoms with Crippen LogP contribution in [0.2, 0.25) is 0 Å². The van der Waals surface area contributed by atoms with Gasteiger partial charge in [0.15, 0.2) is 0 Å². The van der Waals surface area contributed by atoms with Crippen LogP contribution in [0, 0.1) is 0 Å². The third-order valence-corrected chi connectivity index (χ3v) is 5.24. The summed E-state index contributed by atoms with van der Waals surface area (Å²) in [4.78, 5) is 0. The molecule has 0 aromatic heterocycles. The first-order valence-corrected chi connectivity index (χ1v) is 9.90. The van der Waals surface area contributed by atoms with Gasteiger partial charge in [-0.2, -0.15) is 13.2 Å². The molecule has 1 unspecified atom stereocenters. The number of hydrogen-bond acceptors (Lipinski definition) is 2. The fourth-order valence-corrected chi connectivity index (χ4v) is 3.51. The Morgan fingerprint density at radius 2 is 1.72 bits per heavy atom. The Hall–Kier alpha value is -2.31. The van der Waals surface area contributed by atoms with Gasteiger partial charge in [-0.25, -0.2) is 0 Å². The summed E-state index contributed by atoms with van der Waals surface area (Å²) in [5.74, 6) is 0.619. The SMILES string of the molecule is COc1ccc(CNC(C)c2cccc(Br)c2)cc1-c1ccc(C(F)(F)F)cc1. The summed E-state index contributed by atoms with van der Waals surface area (Å²) in [5.41, 5.74) is 2.95. The van der Waals surface area contributed by atoms with Crippen molar-refractivity contribution in [3.63, 3.8) is 0 Å². The third kappa shape index (κ3) is 5.40. The predicted octanol–water partition coefficient (Wildman–Crippen LogP) is 6.99. The van der Waals surface area contributed by atoms with Crippen molar-refractivity contribution in [2.24, 2.45) is 0 Å². The molecular weight excluding hydrogens is 443 g/mol. The maximum absolute atomic E-state index is 12.8. The minimum absolute atomic E-state index is 0.143. The van der Waals surface area contributed by atoms with Crippen molar-refractivity contribution in [3.8, 4) is 16.9 Å². The molecule has 152 valence electrons. The van der Waals surface area contributed by atoms with Crippen LogP contribution in [0.3, 0.4) is 0 Å². The van der Waals surface area contributed by atoms with Crippen molar-refractivity contribution in [2.45, 2.75) is 25.7 Å². The van der Waals surface area contributed by atoms with Crippen molar-refractivity contribution in [1.82, 2.24) is 5.32 Å². The largest absolute Gasteiger partial charge is 0.496 e. The van der Waals surface area contributed by atoms with Gasteiger partial charge in [0.05, 0.1) is 12.7 Å². The monoisotopic (exact) mass is 463 g/mol. The van der Waals surface area contributed by atoms with Crippen LogP contribution < -0.4 is 10.1 Å². The molecule has 0 aliphatic rings. The van der Waals surface area contributed by atoms with E-state index in [1.54, 1.807) is 7.11 Å². The lowest BCUT2D eigenvalue weighted by Gasteiger charge is -2.16. The zero-order valence-corrected chi connectivity index (χ0v) is 17.6. The lowest BCUT2D eigenvalue weighted by Crippen LogP contribution is -2.18. The highest BCUT2D eigenvalue weighted by molar-refractivity contribution is 9.10. The maximum atomic E-state index is 12.8. The molecule has 3 aromatic carbocycles. The quantitative estimate of drug-likeness (QED) is 0.425. The van der Waals surface area contributed by atoms with Gasteiger partial charge in [-0.3, -0.25) is 0 Å². The number of hydrogen-bond donors (Lipinski definition) is 1. The zero-order chi connectivity index (χ0) is 21.0. The summed E-state index contributed by atoms with van der Waals surface area (Å²) in [7, 11) is 1.55. The van der Waals surface area contributed by atoms with Crippen LogP contribution in [-0.2, 0) is 12.7 Å². The summed E-state index contributed by atoms with van der Waals surface area (Å²) < 4.78 is 44.9. The molecule has 29 heavy (non-hydrogen) atoms. The van der Waals surface area contributed by atoms with Gasteiger partial charge in [-0.15, -0.1) is 0 Å². The van der Waals surface area contributed by atoms with Crippen LogP contribution in [0.25, 0.3) is 11.1 Å². The molecule has 0 saturated carbocycles. The molecule has 0 spiro atoms. The van der Waals surface area contributed by atoms with Gasteiger partial charge >= 0.3 is 6.18 Å². The van der Waals surface area contributed by atoms with Crippen LogP contribution in [0.1, 0.15) is 29.7 Å². The van der Waals surface area contributed by atoms with Crippen molar-refractivity contribution in [2.75, 3.05) is 7.11 Å². The Morgan fingerprint density at radius 3 is 2.34 bits per heavy atom. The summed E-state index contributed by atoms with van der Waals surface area (Å²) in [6.07, 6.45) is -4.35. The van der Waals surface area contributed by atoms with E-state index in [1.807, 2.05) is 30.3 Å². The highest BCUT2D eigenvalue weighted by Crippen LogP contribution is 2.34. The van der Waals surface area contributed by atoms with Gasteiger partial charge in [0.25, 0.3) is 0 Å². The minimum atomic E-state index is -4.35. The number of methoxy groups -OCH3 is 1. The van der Waals surface area contributed by atoms with E-state index in [4.69, 9.17) is 4.74 Å². The first-order chi connectivity index (χ1) is 13.8. The van der Waals surface area contributed by atoms with E-state index in [9.17, 15) is 13.2 Å². The molecule has 6 heteroatoms. The van der Waals surface area contributed by atoms with Gasteiger partial charge in [0.1, 0.15) is 5.75 Å². The molecule has 1 atom stereocenters. The van der Waals surface area contributed by atoms with Crippen LogP contribution in [-0.4, -0.2) is 7.11 Å². The maximum Gasteiger partial charge on any atom is 0.416 e.